The number of hydrogen-bond acceptors (Lipinski definition) is 4. The van der Waals surface area contributed by atoms with Crippen LogP contribution in [-0.2, 0) is 17.6 Å². The fraction of sp³-hybridized carbons (Fsp3) is 0.643. The Morgan fingerprint density at radius 3 is 3.11 bits per heavy atom. The molecule has 3 rings (SSSR count). The number of aromatic nitrogens is 2. The Morgan fingerprint density at radius 2 is 2.26 bits per heavy atom. The Kier molecular flexibility index (Phi) is 3.36. The fourth-order valence-electron chi connectivity index (χ4n) is 3.29. The molecule has 5 heteroatoms. The first-order valence-corrected chi connectivity index (χ1v) is 7.03. The number of anilines is 1. The molecule has 1 atom stereocenters. The van der Waals surface area contributed by atoms with E-state index in [4.69, 9.17) is 5.11 Å². The smallest absolute Gasteiger partial charge is 0.303 e. The summed E-state index contributed by atoms with van der Waals surface area (Å²) in [6, 6.07) is 0. The van der Waals surface area contributed by atoms with Crippen LogP contribution in [0.1, 0.15) is 36.9 Å². The van der Waals surface area contributed by atoms with E-state index in [0.29, 0.717) is 0 Å². The van der Waals surface area contributed by atoms with Crippen LogP contribution in [0.5, 0.6) is 0 Å². The lowest BCUT2D eigenvalue weighted by molar-refractivity contribution is -0.138. The molecule has 0 spiro atoms. The molecule has 1 aliphatic carbocycles. The predicted molar refractivity (Wildman–Crippen MR) is 71.2 cm³/mol. The third-order valence-electron chi connectivity index (χ3n) is 4.13. The lowest BCUT2D eigenvalue weighted by Gasteiger charge is -2.33. The second-order valence-corrected chi connectivity index (χ2v) is 5.53. The van der Waals surface area contributed by atoms with Crippen LogP contribution < -0.4 is 4.90 Å². The monoisotopic (exact) mass is 261 g/mol. The van der Waals surface area contributed by atoms with Crippen LogP contribution >= 0.6 is 0 Å². The van der Waals surface area contributed by atoms with Crippen molar-refractivity contribution in [3.8, 4) is 0 Å². The number of aliphatic carboxylic acids is 1. The topological polar surface area (TPSA) is 66.3 Å². The first-order valence-electron chi connectivity index (χ1n) is 7.03. The van der Waals surface area contributed by atoms with Crippen LogP contribution in [0, 0.1) is 5.92 Å². The van der Waals surface area contributed by atoms with Crippen molar-refractivity contribution in [2.24, 2.45) is 5.92 Å². The summed E-state index contributed by atoms with van der Waals surface area (Å²) in [6.07, 6.45) is 7.26. The highest BCUT2D eigenvalue weighted by atomic mass is 16.4. The maximum Gasteiger partial charge on any atom is 0.303 e. The van der Waals surface area contributed by atoms with Crippen LogP contribution in [0.25, 0.3) is 0 Å². The summed E-state index contributed by atoms with van der Waals surface area (Å²) in [5.74, 6) is 0.607. The van der Waals surface area contributed by atoms with Crippen molar-refractivity contribution in [3.63, 3.8) is 0 Å². The molecule has 5 nitrogen and oxygen atoms in total. The maximum atomic E-state index is 10.9. The molecule has 2 aliphatic rings. The summed E-state index contributed by atoms with van der Waals surface area (Å²) in [4.78, 5) is 21.9. The quantitative estimate of drug-likeness (QED) is 0.896. The van der Waals surface area contributed by atoms with Crippen molar-refractivity contribution in [1.29, 1.82) is 0 Å². The fourth-order valence-corrected chi connectivity index (χ4v) is 3.29. The molecule has 0 amide bonds. The number of fused-ring (bicyclic) bond motifs is 1. The van der Waals surface area contributed by atoms with Crippen LogP contribution in [0.4, 0.5) is 5.82 Å². The molecule has 1 aromatic heterocycles. The molecule has 1 saturated heterocycles. The van der Waals surface area contributed by atoms with Gasteiger partial charge in [-0.2, -0.15) is 0 Å². The van der Waals surface area contributed by atoms with Gasteiger partial charge in [-0.1, -0.05) is 0 Å². The highest BCUT2D eigenvalue weighted by Crippen LogP contribution is 2.31. The number of nitrogens with zero attached hydrogens (tertiary/aromatic N) is 3. The Bertz CT molecular complexity index is 490. The molecular weight excluding hydrogens is 242 g/mol. The van der Waals surface area contributed by atoms with Crippen molar-refractivity contribution >= 4 is 11.8 Å². The van der Waals surface area contributed by atoms with Gasteiger partial charge in [0.15, 0.2) is 0 Å². The van der Waals surface area contributed by atoms with Crippen molar-refractivity contribution < 1.29 is 9.90 Å². The first-order chi connectivity index (χ1) is 9.24. The molecule has 1 aromatic rings. The molecule has 2 heterocycles. The van der Waals surface area contributed by atoms with Gasteiger partial charge >= 0.3 is 5.97 Å². The first kappa shape index (κ1) is 12.4. The van der Waals surface area contributed by atoms with E-state index in [1.165, 1.54) is 11.3 Å². The van der Waals surface area contributed by atoms with Gasteiger partial charge in [0, 0.05) is 30.8 Å². The van der Waals surface area contributed by atoms with Crippen molar-refractivity contribution in [1.82, 2.24) is 9.97 Å². The van der Waals surface area contributed by atoms with E-state index < -0.39 is 5.97 Å². The summed E-state index contributed by atoms with van der Waals surface area (Å²) in [5, 5.41) is 8.93. The molecule has 1 N–H and O–H groups in total. The van der Waals surface area contributed by atoms with Crippen LogP contribution in [-0.4, -0.2) is 34.1 Å². The number of rotatable bonds is 3. The lowest BCUT2D eigenvalue weighted by Crippen LogP contribution is -2.37. The van der Waals surface area contributed by atoms with E-state index in [1.807, 2.05) is 0 Å². The minimum absolute atomic E-state index is 0.248. The van der Waals surface area contributed by atoms with Crippen LogP contribution in [0.15, 0.2) is 6.33 Å². The summed E-state index contributed by atoms with van der Waals surface area (Å²) < 4.78 is 0. The van der Waals surface area contributed by atoms with E-state index in [9.17, 15) is 4.79 Å². The third kappa shape index (κ3) is 2.55. The number of carboxylic acids is 1. The summed E-state index contributed by atoms with van der Waals surface area (Å²) in [5.41, 5.74) is 2.48. The van der Waals surface area contributed by atoms with Gasteiger partial charge < -0.3 is 10.0 Å². The van der Waals surface area contributed by atoms with Gasteiger partial charge in [-0.15, -0.1) is 0 Å². The average Bonchev–Trinajstić information content (AvgIpc) is 2.86. The highest BCUT2D eigenvalue weighted by Gasteiger charge is 2.26. The number of aryl methyl sites for hydroxylation is 1. The number of carbonyl (C=O) groups is 1. The summed E-state index contributed by atoms with van der Waals surface area (Å²) >= 11 is 0. The van der Waals surface area contributed by atoms with E-state index in [1.54, 1.807) is 6.33 Å². The van der Waals surface area contributed by atoms with Crippen LogP contribution in [0.2, 0.25) is 0 Å². The Balaban J connectivity index is 1.78. The zero-order chi connectivity index (χ0) is 13.2. The molecule has 0 saturated carbocycles. The normalized spacial score (nSPS) is 22.3. The Morgan fingerprint density at radius 1 is 1.37 bits per heavy atom. The van der Waals surface area contributed by atoms with E-state index >= 15 is 0 Å². The van der Waals surface area contributed by atoms with Gasteiger partial charge in [-0.05, 0) is 38.0 Å². The molecule has 0 aromatic carbocycles. The zero-order valence-electron chi connectivity index (χ0n) is 11.0. The summed E-state index contributed by atoms with van der Waals surface area (Å²) in [7, 11) is 0. The largest absolute Gasteiger partial charge is 0.481 e. The number of carboxylic acid groups (broad SMARTS) is 1. The second-order valence-electron chi connectivity index (χ2n) is 5.53. The maximum absolute atomic E-state index is 10.9. The van der Waals surface area contributed by atoms with Gasteiger partial charge in [0.05, 0.1) is 0 Å². The highest BCUT2D eigenvalue weighted by molar-refractivity contribution is 5.67. The van der Waals surface area contributed by atoms with Crippen molar-refractivity contribution in [2.45, 2.75) is 38.5 Å². The van der Waals surface area contributed by atoms with E-state index in [0.717, 1.165) is 51.0 Å². The van der Waals surface area contributed by atoms with Gasteiger partial charge in [-0.3, -0.25) is 4.79 Å². The third-order valence-corrected chi connectivity index (χ3v) is 4.13. The van der Waals surface area contributed by atoms with E-state index in [2.05, 4.69) is 14.9 Å². The van der Waals surface area contributed by atoms with E-state index in [-0.39, 0.29) is 12.3 Å². The zero-order valence-corrected chi connectivity index (χ0v) is 11.0. The molecule has 1 unspecified atom stereocenters. The number of piperidine rings is 1. The molecular formula is C14H19N3O2. The number of hydrogen-bond donors (Lipinski definition) is 1. The molecule has 1 fully saturated rings. The SMILES string of the molecule is O=C(O)CC1CCCN(c2ncnc3c2CCC3)C1. The molecule has 19 heavy (non-hydrogen) atoms. The molecule has 0 radical (unpaired) electrons. The van der Waals surface area contributed by atoms with Crippen LogP contribution in [0.3, 0.4) is 0 Å². The van der Waals surface area contributed by atoms with Gasteiger partial charge in [0.2, 0.25) is 0 Å². The minimum atomic E-state index is -0.695. The minimum Gasteiger partial charge on any atom is -0.481 e. The second kappa shape index (κ2) is 5.15. The molecule has 1 aliphatic heterocycles. The Labute approximate surface area is 112 Å². The van der Waals surface area contributed by atoms with Crippen molar-refractivity contribution in [2.75, 3.05) is 18.0 Å². The van der Waals surface area contributed by atoms with Gasteiger partial charge in [0.25, 0.3) is 0 Å². The molecule has 0 bridgehead atoms. The average molecular weight is 261 g/mol. The predicted octanol–water partition coefficient (Wildman–Crippen LogP) is 1.66. The summed E-state index contributed by atoms with van der Waals surface area (Å²) in [6.45, 7) is 1.80. The standard InChI is InChI=1S/C14H19N3O2/c18-13(19)7-10-3-2-6-17(8-10)14-11-4-1-5-12(11)15-9-16-14/h9-10H,1-8H2,(H,18,19). The lowest BCUT2D eigenvalue weighted by atomic mass is 9.94. The Hall–Kier alpha value is -1.65. The van der Waals surface area contributed by atoms with Crippen molar-refractivity contribution in [3.05, 3.63) is 17.6 Å². The van der Waals surface area contributed by atoms with Gasteiger partial charge in [-0.25, -0.2) is 9.97 Å². The molecule has 102 valence electrons. The van der Waals surface area contributed by atoms with Gasteiger partial charge in [0.1, 0.15) is 12.1 Å².